The number of nitrogens with two attached hydrogens (primary N) is 1. The SMILES string of the molecule is COCCN(C1CC1)C1CCc2cc(OC)ccc2C1N. The van der Waals surface area contributed by atoms with Crippen LogP contribution in [0.1, 0.15) is 36.4 Å². The summed E-state index contributed by atoms with van der Waals surface area (Å²) in [7, 11) is 3.49. The Labute approximate surface area is 127 Å². The van der Waals surface area contributed by atoms with Gasteiger partial charge < -0.3 is 15.2 Å². The highest BCUT2D eigenvalue weighted by Crippen LogP contribution is 2.38. The van der Waals surface area contributed by atoms with Crippen LogP contribution in [0.3, 0.4) is 0 Å². The molecule has 0 aromatic heterocycles. The van der Waals surface area contributed by atoms with E-state index >= 15 is 0 Å². The van der Waals surface area contributed by atoms with E-state index in [1.807, 2.05) is 6.07 Å². The molecule has 21 heavy (non-hydrogen) atoms. The van der Waals surface area contributed by atoms with Crippen molar-refractivity contribution in [2.75, 3.05) is 27.4 Å². The molecule has 2 aliphatic carbocycles. The van der Waals surface area contributed by atoms with Crippen LogP contribution in [0.25, 0.3) is 0 Å². The zero-order valence-corrected chi connectivity index (χ0v) is 13.0. The standard InChI is InChI=1S/C17H26N2O2/c1-20-10-9-19(13-4-5-13)16-8-3-12-11-14(21-2)6-7-15(12)17(16)18/h6-7,11,13,16-17H,3-5,8-10,18H2,1-2H3. The molecular weight excluding hydrogens is 264 g/mol. The molecular formula is C17H26N2O2. The van der Waals surface area contributed by atoms with E-state index < -0.39 is 0 Å². The number of methoxy groups -OCH3 is 2. The molecule has 0 aliphatic heterocycles. The van der Waals surface area contributed by atoms with Gasteiger partial charge in [-0.15, -0.1) is 0 Å². The van der Waals surface area contributed by atoms with E-state index in [-0.39, 0.29) is 6.04 Å². The highest BCUT2D eigenvalue weighted by atomic mass is 16.5. The van der Waals surface area contributed by atoms with Gasteiger partial charge in [0.2, 0.25) is 0 Å². The number of fused-ring (bicyclic) bond motifs is 1. The fraction of sp³-hybridized carbons (Fsp3) is 0.647. The Morgan fingerprint density at radius 3 is 2.71 bits per heavy atom. The molecule has 1 aromatic carbocycles. The quantitative estimate of drug-likeness (QED) is 0.872. The van der Waals surface area contributed by atoms with Gasteiger partial charge in [-0.05, 0) is 48.9 Å². The van der Waals surface area contributed by atoms with E-state index in [0.29, 0.717) is 6.04 Å². The summed E-state index contributed by atoms with van der Waals surface area (Å²) < 4.78 is 10.6. The van der Waals surface area contributed by atoms with E-state index in [2.05, 4.69) is 17.0 Å². The average molecular weight is 290 g/mol. The predicted molar refractivity (Wildman–Crippen MR) is 83.6 cm³/mol. The van der Waals surface area contributed by atoms with Gasteiger partial charge in [-0.25, -0.2) is 0 Å². The first kappa shape index (κ1) is 14.8. The van der Waals surface area contributed by atoms with Crippen molar-refractivity contribution in [2.24, 2.45) is 5.73 Å². The highest BCUT2D eigenvalue weighted by molar-refractivity contribution is 5.40. The summed E-state index contributed by atoms with van der Waals surface area (Å²) in [5.41, 5.74) is 9.23. The van der Waals surface area contributed by atoms with E-state index in [1.165, 1.54) is 24.0 Å². The smallest absolute Gasteiger partial charge is 0.119 e. The third-order valence-electron chi connectivity index (χ3n) is 4.83. The Bertz CT molecular complexity index is 488. The number of rotatable bonds is 6. The highest BCUT2D eigenvalue weighted by Gasteiger charge is 2.38. The summed E-state index contributed by atoms with van der Waals surface area (Å²) in [5.74, 6) is 0.929. The molecule has 2 aliphatic rings. The molecule has 2 atom stereocenters. The molecule has 4 heteroatoms. The van der Waals surface area contributed by atoms with Gasteiger partial charge in [-0.1, -0.05) is 6.07 Å². The summed E-state index contributed by atoms with van der Waals surface area (Å²) in [6.45, 7) is 1.78. The molecule has 0 radical (unpaired) electrons. The van der Waals surface area contributed by atoms with E-state index in [9.17, 15) is 0 Å². The first-order valence-electron chi connectivity index (χ1n) is 7.91. The maximum atomic E-state index is 6.60. The molecule has 0 spiro atoms. The molecule has 1 saturated carbocycles. The Balaban J connectivity index is 1.78. The third-order valence-corrected chi connectivity index (χ3v) is 4.83. The lowest BCUT2D eigenvalue weighted by atomic mass is 9.83. The Kier molecular flexibility index (Phi) is 4.48. The van der Waals surface area contributed by atoms with Crippen molar-refractivity contribution >= 4 is 0 Å². The number of benzene rings is 1. The van der Waals surface area contributed by atoms with E-state index in [1.54, 1.807) is 14.2 Å². The minimum atomic E-state index is 0.0945. The topological polar surface area (TPSA) is 47.7 Å². The minimum absolute atomic E-state index is 0.0945. The maximum absolute atomic E-state index is 6.60. The monoisotopic (exact) mass is 290 g/mol. The summed E-state index contributed by atoms with van der Waals surface area (Å²) >= 11 is 0. The second kappa shape index (κ2) is 6.34. The van der Waals surface area contributed by atoms with Gasteiger partial charge in [0.05, 0.1) is 13.7 Å². The van der Waals surface area contributed by atoms with Crippen LogP contribution in [0.2, 0.25) is 0 Å². The third kappa shape index (κ3) is 3.07. The summed E-state index contributed by atoms with van der Waals surface area (Å²) in [5, 5.41) is 0. The molecule has 116 valence electrons. The summed E-state index contributed by atoms with van der Waals surface area (Å²) in [6.07, 6.45) is 4.83. The predicted octanol–water partition coefficient (Wildman–Crippen LogP) is 2.12. The molecule has 0 amide bonds. The molecule has 2 N–H and O–H groups in total. The molecule has 3 rings (SSSR count). The fourth-order valence-electron chi connectivity index (χ4n) is 3.54. The fourth-order valence-corrected chi connectivity index (χ4v) is 3.54. The second-order valence-corrected chi connectivity index (χ2v) is 6.16. The Morgan fingerprint density at radius 1 is 1.24 bits per heavy atom. The number of ether oxygens (including phenoxy) is 2. The van der Waals surface area contributed by atoms with E-state index in [0.717, 1.165) is 37.8 Å². The molecule has 1 fully saturated rings. The summed E-state index contributed by atoms with van der Waals surface area (Å²) in [6, 6.07) is 7.56. The number of hydrogen-bond donors (Lipinski definition) is 1. The van der Waals surface area contributed by atoms with E-state index in [4.69, 9.17) is 15.2 Å². The molecule has 1 aromatic rings. The molecule has 2 unspecified atom stereocenters. The van der Waals surface area contributed by atoms with Gasteiger partial charge in [0.15, 0.2) is 0 Å². The average Bonchev–Trinajstić information content (AvgIpc) is 3.34. The second-order valence-electron chi connectivity index (χ2n) is 6.16. The van der Waals surface area contributed by atoms with Crippen LogP contribution >= 0.6 is 0 Å². The van der Waals surface area contributed by atoms with Crippen LogP contribution in [0.15, 0.2) is 18.2 Å². The zero-order chi connectivity index (χ0) is 14.8. The van der Waals surface area contributed by atoms with Gasteiger partial charge >= 0.3 is 0 Å². The van der Waals surface area contributed by atoms with Crippen LogP contribution in [0.5, 0.6) is 5.75 Å². The molecule has 0 heterocycles. The molecule has 0 bridgehead atoms. The number of aryl methyl sites for hydroxylation is 1. The van der Waals surface area contributed by atoms with Gasteiger partial charge in [-0.2, -0.15) is 0 Å². The van der Waals surface area contributed by atoms with Crippen molar-refractivity contribution in [1.82, 2.24) is 4.90 Å². The lowest BCUT2D eigenvalue weighted by Gasteiger charge is -2.39. The van der Waals surface area contributed by atoms with Crippen LogP contribution in [-0.4, -0.2) is 44.4 Å². The van der Waals surface area contributed by atoms with Gasteiger partial charge in [-0.3, -0.25) is 4.90 Å². The van der Waals surface area contributed by atoms with Crippen LogP contribution in [0, 0.1) is 0 Å². The van der Waals surface area contributed by atoms with Crippen molar-refractivity contribution in [1.29, 1.82) is 0 Å². The Hall–Kier alpha value is -1.10. The lowest BCUT2D eigenvalue weighted by Crippen LogP contribution is -2.47. The van der Waals surface area contributed by atoms with Crippen molar-refractivity contribution < 1.29 is 9.47 Å². The van der Waals surface area contributed by atoms with Crippen LogP contribution in [-0.2, 0) is 11.2 Å². The molecule has 4 nitrogen and oxygen atoms in total. The van der Waals surface area contributed by atoms with Crippen molar-refractivity contribution in [2.45, 2.75) is 43.8 Å². The first-order valence-corrected chi connectivity index (χ1v) is 7.91. The first-order chi connectivity index (χ1) is 10.2. The lowest BCUT2D eigenvalue weighted by molar-refractivity contribution is 0.0946. The number of hydrogen-bond acceptors (Lipinski definition) is 4. The van der Waals surface area contributed by atoms with Crippen molar-refractivity contribution in [3.05, 3.63) is 29.3 Å². The van der Waals surface area contributed by atoms with Crippen LogP contribution in [0.4, 0.5) is 0 Å². The van der Waals surface area contributed by atoms with Gasteiger partial charge in [0.1, 0.15) is 5.75 Å². The normalized spacial score (nSPS) is 25.0. The Morgan fingerprint density at radius 2 is 2.05 bits per heavy atom. The summed E-state index contributed by atoms with van der Waals surface area (Å²) in [4.78, 5) is 2.58. The van der Waals surface area contributed by atoms with Crippen molar-refractivity contribution in [3.8, 4) is 5.75 Å². The van der Waals surface area contributed by atoms with Crippen molar-refractivity contribution in [3.63, 3.8) is 0 Å². The van der Waals surface area contributed by atoms with Gasteiger partial charge in [0.25, 0.3) is 0 Å². The van der Waals surface area contributed by atoms with Crippen LogP contribution < -0.4 is 10.5 Å². The largest absolute Gasteiger partial charge is 0.497 e. The zero-order valence-electron chi connectivity index (χ0n) is 13.0. The minimum Gasteiger partial charge on any atom is -0.497 e. The number of nitrogens with zero attached hydrogens (tertiary/aromatic N) is 1. The van der Waals surface area contributed by atoms with Gasteiger partial charge in [0, 0.05) is 31.8 Å². The molecule has 0 saturated heterocycles. The maximum Gasteiger partial charge on any atom is 0.119 e.